The SMILES string of the molecule is C[Si](C1CC2C=CC1C2)(n1c2ccccc2c2ccccc21)n1c2ccccc2c2ccccc21. The van der Waals surface area contributed by atoms with Crippen molar-refractivity contribution in [3.05, 3.63) is 109 Å². The first-order valence-corrected chi connectivity index (χ1v) is 15.4. The Bertz CT molecular complexity index is 1580. The number of aromatic nitrogens is 2. The maximum Gasteiger partial charge on any atom is 0.274 e. The van der Waals surface area contributed by atoms with Gasteiger partial charge in [0, 0.05) is 43.6 Å². The zero-order valence-electron chi connectivity index (χ0n) is 19.9. The van der Waals surface area contributed by atoms with Crippen LogP contribution in [0.4, 0.5) is 0 Å². The average molecular weight is 469 g/mol. The zero-order chi connectivity index (χ0) is 23.1. The minimum absolute atomic E-state index is 0.649. The highest BCUT2D eigenvalue weighted by Crippen LogP contribution is 2.54. The van der Waals surface area contributed by atoms with Crippen molar-refractivity contribution in [2.24, 2.45) is 11.8 Å². The Morgan fingerprint density at radius 1 is 0.543 bits per heavy atom. The van der Waals surface area contributed by atoms with Crippen molar-refractivity contribution in [2.45, 2.75) is 24.9 Å². The quantitative estimate of drug-likeness (QED) is 0.182. The predicted molar refractivity (Wildman–Crippen MR) is 150 cm³/mol. The van der Waals surface area contributed by atoms with Crippen LogP contribution in [0, 0.1) is 11.8 Å². The van der Waals surface area contributed by atoms with Gasteiger partial charge in [-0.1, -0.05) is 84.9 Å². The molecule has 3 heteroatoms. The largest absolute Gasteiger partial charge is 0.349 e. The van der Waals surface area contributed by atoms with Crippen molar-refractivity contribution in [1.82, 2.24) is 8.47 Å². The fourth-order valence-corrected chi connectivity index (χ4v) is 13.1. The molecule has 1 fully saturated rings. The molecule has 2 aliphatic rings. The smallest absolute Gasteiger partial charge is 0.274 e. The van der Waals surface area contributed by atoms with E-state index in [-0.39, 0.29) is 0 Å². The molecule has 2 aromatic heterocycles. The van der Waals surface area contributed by atoms with Gasteiger partial charge in [-0.2, -0.15) is 0 Å². The summed E-state index contributed by atoms with van der Waals surface area (Å²) in [5, 5.41) is 5.50. The lowest BCUT2D eigenvalue weighted by molar-refractivity contribution is 0.651. The van der Waals surface area contributed by atoms with Gasteiger partial charge < -0.3 is 8.47 Å². The van der Waals surface area contributed by atoms with E-state index in [1.165, 1.54) is 56.5 Å². The van der Waals surface area contributed by atoms with Crippen molar-refractivity contribution in [3.8, 4) is 0 Å². The third-order valence-corrected chi connectivity index (χ3v) is 13.9. The molecule has 3 atom stereocenters. The molecule has 4 aromatic carbocycles. The normalized spacial score (nSPS) is 21.8. The molecule has 2 bridgehead atoms. The topological polar surface area (TPSA) is 9.86 Å². The fraction of sp³-hybridized carbons (Fsp3) is 0.188. The summed E-state index contributed by atoms with van der Waals surface area (Å²) in [5.41, 5.74) is 6.19. The van der Waals surface area contributed by atoms with E-state index in [1.807, 2.05) is 0 Å². The van der Waals surface area contributed by atoms with E-state index >= 15 is 0 Å². The molecule has 0 N–H and O–H groups in total. The Labute approximate surface area is 206 Å². The zero-order valence-corrected chi connectivity index (χ0v) is 20.9. The molecular weight excluding hydrogens is 440 g/mol. The standard InChI is InChI=1S/C32H28N2Si/c1-35(32-21-22-18-19-23(32)20-22,33-28-14-6-2-10-24(28)25-11-3-7-15-29(25)33)34-30-16-8-4-12-26(30)27-13-5-9-17-31(27)34/h2-19,22-23,32H,20-21H2,1H3. The number of hydrogen-bond donors (Lipinski definition) is 0. The van der Waals surface area contributed by atoms with Gasteiger partial charge in [-0.3, -0.25) is 0 Å². The molecule has 0 aliphatic heterocycles. The predicted octanol–water partition coefficient (Wildman–Crippen LogP) is 8.34. The van der Waals surface area contributed by atoms with E-state index in [1.54, 1.807) is 0 Å². The maximum atomic E-state index is 2.83. The van der Waals surface area contributed by atoms with Gasteiger partial charge in [0.15, 0.2) is 0 Å². The lowest BCUT2D eigenvalue weighted by atomic mass is 10.1. The Kier molecular flexibility index (Phi) is 3.94. The summed E-state index contributed by atoms with van der Waals surface area (Å²) in [5.74, 6) is 1.40. The number of benzene rings is 4. The Morgan fingerprint density at radius 3 is 1.29 bits per heavy atom. The third-order valence-electron chi connectivity index (χ3n) is 9.05. The molecule has 170 valence electrons. The van der Waals surface area contributed by atoms with Crippen molar-refractivity contribution < 1.29 is 0 Å². The number of hydrogen-bond acceptors (Lipinski definition) is 0. The Morgan fingerprint density at radius 2 is 0.943 bits per heavy atom. The van der Waals surface area contributed by atoms with E-state index in [2.05, 4.69) is 124 Å². The lowest BCUT2D eigenvalue weighted by Gasteiger charge is -2.41. The Hall–Kier alpha value is -3.56. The van der Waals surface area contributed by atoms with Gasteiger partial charge >= 0.3 is 0 Å². The molecule has 2 nitrogen and oxygen atoms in total. The molecule has 0 radical (unpaired) electrons. The molecule has 0 spiro atoms. The maximum absolute atomic E-state index is 2.83. The van der Waals surface area contributed by atoms with E-state index in [4.69, 9.17) is 0 Å². The van der Waals surface area contributed by atoms with Gasteiger partial charge in [0.1, 0.15) is 0 Å². The summed E-state index contributed by atoms with van der Waals surface area (Å²) in [4.78, 5) is 0. The minimum atomic E-state index is -2.39. The third kappa shape index (κ3) is 2.49. The number of rotatable bonds is 3. The molecule has 2 heterocycles. The van der Waals surface area contributed by atoms with Gasteiger partial charge in [0.05, 0.1) is 0 Å². The molecular formula is C32H28N2Si. The first-order chi connectivity index (χ1) is 17.2. The van der Waals surface area contributed by atoms with Gasteiger partial charge in [-0.25, -0.2) is 0 Å². The van der Waals surface area contributed by atoms with Crippen LogP contribution in [0.5, 0.6) is 0 Å². The number of allylic oxidation sites excluding steroid dienone is 2. The van der Waals surface area contributed by atoms with E-state index in [0.29, 0.717) is 11.5 Å². The van der Waals surface area contributed by atoms with Crippen molar-refractivity contribution in [3.63, 3.8) is 0 Å². The highest BCUT2D eigenvalue weighted by Gasteiger charge is 2.52. The number of fused-ring (bicyclic) bond motifs is 8. The van der Waals surface area contributed by atoms with E-state index in [9.17, 15) is 0 Å². The average Bonchev–Trinajstić information content (AvgIpc) is 3.68. The van der Waals surface area contributed by atoms with Crippen LogP contribution < -0.4 is 0 Å². The molecule has 3 unspecified atom stereocenters. The molecule has 0 saturated heterocycles. The van der Waals surface area contributed by atoms with Gasteiger partial charge in [0.2, 0.25) is 0 Å². The summed E-state index contributed by atoms with van der Waals surface area (Å²) in [7, 11) is -2.39. The monoisotopic (exact) mass is 468 g/mol. The highest BCUT2D eigenvalue weighted by atomic mass is 28.3. The lowest BCUT2D eigenvalue weighted by Crippen LogP contribution is -2.53. The molecule has 1 saturated carbocycles. The van der Waals surface area contributed by atoms with Crippen molar-refractivity contribution >= 4 is 52.0 Å². The number of para-hydroxylation sites is 4. The fourth-order valence-electron chi connectivity index (χ4n) is 7.66. The highest BCUT2D eigenvalue weighted by molar-refractivity contribution is 6.80. The summed E-state index contributed by atoms with van der Waals surface area (Å²) < 4.78 is 5.66. The molecule has 0 amide bonds. The van der Waals surface area contributed by atoms with Crippen LogP contribution in [-0.4, -0.2) is 16.9 Å². The molecule has 2 aliphatic carbocycles. The summed E-state index contributed by atoms with van der Waals surface area (Å²) in [6, 6.07) is 36.4. The van der Waals surface area contributed by atoms with Crippen LogP contribution in [0.1, 0.15) is 12.8 Å². The second kappa shape index (κ2) is 6.99. The van der Waals surface area contributed by atoms with E-state index in [0.717, 1.165) is 5.92 Å². The van der Waals surface area contributed by atoms with E-state index < -0.39 is 8.40 Å². The van der Waals surface area contributed by atoms with Crippen LogP contribution in [0.15, 0.2) is 109 Å². The second-order valence-corrected chi connectivity index (χ2v) is 14.5. The summed E-state index contributed by atoms with van der Waals surface area (Å²) in [6.07, 6.45) is 7.66. The number of nitrogens with zero attached hydrogens (tertiary/aromatic N) is 2. The second-order valence-electron chi connectivity index (χ2n) is 10.7. The van der Waals surface area contributed by atoms with Crippen LogP contribution in [0.2, 0.25) is 12.1 Å². The summed E-state index contributed by atoms with van der Waals surface area (Å²) in [6.45, 7) is 2.66. The van der Waals surface area contributed by atoms with Crippen LogP contribution in [0.3, 0.4) is 0 Å². The molecule has 8 rings (SSSR count). The molecule has 35 heavy (non-hydrogen) atoms. The first kappa shape index (κ1) is 19.7. The van der Waals surface area contributed by atoms with Crippen LogP contribution in [0.25, 0.3) is 43.6 Å². The summed E-state index contributed by atoms with van der Waals surface area (Å²) >= 11 is 0. The van der Waals surface area contributed by atoms with Crippen LogP contribution in [-0.2, 0) is 0 Å². The first-order valence-electron chi connectivity index (χ1n) is 12.9. The van der Waals surface area contributed by atoms with Crippen molar-refractivity contribution in [1.29, 1.82) is 0 Å². The van der Waals surface area contributed by atoms with Crippen molar-refractivity contribution in [2.75, 3.05) is 0 Å². The minimum Gasteiger partial charge on any atom is -0.349 e. The molecule has 6 aromatic rings. The van der Waals surface area contributed by atoms with Crippen LogP contribution >= 0.6 is 0 Å². The van der Waals surface area contributed by atoms with Gasteiger partial charge in [-0.15, -0.1) is 0 Å². The Balaban J connectivity index is 1.58. The van der Waals surface area contributed by atoms with Gasteiger partial charge in [-0.05, 0) is 61.0 Å². The van der Waals surface area contributed by atoms with Gasteiger partial charge in [0.25, 0.3) is 8.40 Å².